The Kier molecular flexibility index (Phi) is 4.68. The average molecular weight is 222 g/mol. The Balaban J connectivity index is 2.84. The smallest absolute Gasteiger partial charge is 0.0943 e. The van der Waals surface area contributed by atoms with Gasteiger partial charge in [-0.2, -0.15) is 0 Å². The number of hydrogen-bond donors (Lipinski definition) is 1. The first-order valence-corrected chi connectivity index (χ1v) is 5.52. The van der Waals surface area contributed by atoms with Crippen LogP contribution >= 0.6 is 11.6 Å². The Labute approximate surface area is 96.8 Å². The Morgan fingerprint density at radius 3 is 2.80 bits per heavy atom. The summed E-state index contributed by atoms with van der Waals surface area (Å²) in [6, 6.07) is 5.91. The van der Waals surface area contributed by atoms with E-state index in [-0.39, 0.29) is 6.04 Å². The number of nitrogens with one attached hydrogen (secondary N) is 1. The van der Waals surface area contributed by atoms with E-state index in [1.807, 2.05) is 25.1 Å². The minimum absolute atomic E-state index is 0.0388. The summed E-state index contributed by atoms with van der Waals surface area (Å²) in [6.45, 7) is 5.01. The van der Waals surface area contributed by atoms with Gasteiger partial charge < -0.3 is 5.32 Å². The van der Waals surface area contributed by atoms with Crippen molar-refractivity contribution in [2.24, 2.45) is 0 Å². The van der Waals surface area contributed by atoms with Gasteiger partial charge in [0.1, 0.15) is 0 Å². The van der Waals surface area contributed by atoms with Gasteiger partial charge >= 0.3 is 0 Å². The van der Waals surface area contributed by atoms with Crippen LogP contribution in [0.2, 0.25) is 5.02 Å². The third kappa shape index (κ3) is 3.27. The van der Waals surface area contributed by atoms with Gasteiger partial charge in [0.25, 0.3) is 0 Å². The molecule has 80 valence electrons. The van der Waals surface area contributed by atoms with Gasteiger partial charge in [-0.3, -0.25) is 0 Å². The Morgan fingerprint density at radius 1 is 1.53 bits per heavy atom. The molecule has 2 heteroatoms. The summed E-state index contributed by atoms with van der Waals surface area (Å²) in [5, 5.41) is 4.06. The molecule has 0 radical (unpaired) electrons. The lowest BCUT2D eigenvalue weighted by atomic mass is 10.1. The second-order valence-electron chi connectivity index (χ2n) is 3.56. The van der Waals surface area contributed by atoms with Crippen molar-refractivity contribution in [2.45, 2.75) is 26.3 Å². The normalized spacial score (nSPS) is 12.1. The summed E-state index contributed by atoms with van der Waals surface area (Å²) >= 11 is 6.05. The number of rotatable bonds is 4. The minimum atomic E-state index is -0.0388. The lowest BCUT2D eigenvalue weighted by molar-refractivity contribution is 0.626. The molecule has 1 atom stereocenters. The van der Waals surface area contributed by atoms with Crippen molar-refractivity contribution in [3.63, 3.8) is 0 Å². The highest BCUT2D eigenvalue weighted by Gasteiger charge is 2.07. The van der Waals surface area contributed by atoms with Gasteiger partial charge in [0.05, 0.1) is 6.04 Å². The molecule has 15 heavy (non-hydrogen) atoms. The van der Waals surface area contributed by atoms with Crippen LogP contribution < -0.4 is 5.32 Å². The molecule has 0 aromatic heterocycles. The van der Waals surface area contributed by atoms with Crippen molar-refractivity contribution in [1.82, 2.24) is 5.32 Å². The molecule has 1 N–H and O–H groups in total. The minimum Gasteiger partial charge on any atom is -0.300 e. The molecule has 1 aromatic carbocycles. The molecule has 0 aliphatic heterocycles. The lowest BCUT2D eigenvalue weighted by Crippen LogP contribution is -2.20. The molecule has 0 aliphatic carbocycles. The molecule has 0 amide bonds. The van der Waals surface area contributed by atoms with E-state index in [2.05, 4.69) is 18.2 Å². The molecule has 1 aromatic rings. The molecule has 1 nitrogen and oxygen atoms in total. The van der Waals surface area contributed by atoms with Crippen molar-refractivity contribution in [2.75, 3.05) is 6.54 Å². The molecule has 1 rings (SSSR count). The van der Waals surface area contributed by atoms with Crippen LogP contribution in [0.4, 0.5) is 0 Å². The zero-order valence-corrected chi connectivity index (χ0v) is 9.93. The van der Waals surface area contributed by atoms with Gasteiger partial charge in [0, 0.05) is 5.02 Å². The van der Waals surface area contributed by atoms with Crippen LogP contribution in [0.25, 0.3) is 0 Å². The predicted octanol–water partition coefficient (Wildman–Crippen LogP) is 3.32. The second kappa shape index (κ2) is 5.80. The molecule has 0 saturated carbocycles. The maximum absolute atomic E-state index is 6.05. The van der Waals surface area contributed by atoms with Crippen LogP contribution in [0, 0.1) is 19.3 Å². The topological polar surface area (TPSA) is 12.0 Å². The largest absolute Gasteiger partial charge is 0.300 e. The van der Waals surface area contributed by atoms with E-state index in [1.54, 1.807) is 0 Å². The Hall–Kier alpha value is -0.970. The van der Waals surface area contributed by atoms with E-state index >= 15 is 0 Å². The standard InChI is InChI=1S/C13H16ClN/c1-4-8-15-13(5-2)11-7-6-10(3)12(14)9-11/h2,6-7,9,13,15H,4,8H2,1,3H3. The van der Waals surface area contributed by atoms with Crippen LogP contribution in [0.1, 0.15) is 30.5 Å². The van der Waals surface area contributed by atoms with Gasteiger partial charge in [0.2, 0.25) is 0 Å². The highest BCUT2D eigenvalue weighted by atomic mass is 35.5. The monoisotopic (exact) mass is 221 g/mol. The van der Waals surface area contributed by atoms with Crippen LogP contribution in [-0.2, 0) is 0 Å². The van der Waals surface area contributed by atoms with E-state index in [4.69, 9.17) is 18.0 Å². The third-order valence-corrected chi connectivity index (χ3v) is 2.70. The van der Waals surface area contributed by atoms with Crippen molar-refractivity contribution < 1.29 is 0 Å². The highest BCUT2D eigenvalue weighted by Crippen LogP contribution is 2.21. The summed E-state index contributed by atoms with van der Waals surface area (Å²) in [5.74, 6) is 2.73. The molecular formula is C13H16ClN. The van der Waals surface area contributed by atoms with Crippen LogP contribution in [0.15, 0.2) is 18.2 Å². The molecule has 0 fully saturated rings. The fraction of sp³-hybridized carbons (Fsp3) is 0.385. The number of terminal acetylenes is 1. The van der Waals surface area contributed by atoms with E-state index in [0.29, 0.717) is 0 Å². The molecular weight excluding hydrogens is 206 g/mol. The van der Waals surface area contributed by atoms with Crippen molar-refractivity contribution in [3.05, 3.63) is 34.3 Å². The average Bonchev–Trinajstić information content (AvgIpc) is 2.24. The molecule has 0 saturated heterocycles. The van der Waals surface area contributed by atoms with E-state index in [0.717, 1.165) is 29.1 Å². The van der Waals surface area contributed by atoms with Gasteiger partial charge in [-0.15, -0.1) is 6.42 Å². The molecule has 1 unspecified atom stereocenters. The summed E-state index contributed by atoms with van der Waals surface area (Å²) < 4.78 is 0. The predicted molar refractivity (Wildman–Crippen MR) is 66.1 cm³/mol. The zero-order chi connectivity index (χ0) is 11.3. The summed E-state index contributed by atoms with van der Waals surface area (Å²) in [5.41, 5.74) is 2.13. The molecule has 0 bridgehead atoms. The third-order valence-electron chi connectivity index (χ3n) is 2.29. The molecule has 0 aliphatic rings. The summed E-state index contributed by atoms with van der Waals surface area (Å²) in [4.78, 5) is 0. The fourth-order valence-corrected chi connectivity index (χ4v) is 1.54. The van der Waals surface area contributed by atoms with Crippen LogP contribution in [0.3, 0.4) is 0 Å². The van der Waals surface area contributed by atoms with Crippen molar-refractivity contribution in [3.8, 4) is 12.3 Å². The van der Waals surface area contributed by atoms with Gasteiger partial charge in [-0.1, -0.05) is 36.6 Å². The lowest BCUT2D eigenvalue weighted by Gasteiger charge is -2.13. The van der Waals surface area contributed by atoms with Gasteiger partial charge in [0.15, 0.2) is 0 Å². The van der Waals surface area contributed by atoms with Crippen molar-refractivity contribution >= 4 is 11.6 Å². The first-order valence-electron chi connectivity index (χ1n) is 5.14. The van der Waals surface area contributed by atoms with E-state index in [1.165, 1.54) is 0 Å². The summed E-state index contributed by atoms with van der Waals surface area (Å²) in [7, 11) is 0. The zero-order valence-electron chi connectivity index (χ0n) is 9.18. The van der Waals surface area contributed by atoms with E-state index < -0.39 is 0 Å². The number of aryl methyl sites for hydroxylation is 1. The quantitative estimate of drug-likeness (QED) is 0.770. The Morgan fingerprint density at radius 2 is 2.27 bits per heavy atom. The van der Waals surface area contributed by atoms with Crippen LogP contribution in [0.5, 0.6) is 0 Å². The summed E-state index contributed by atoms with van der Waals surface area (Å²) in [6.07, 6.45) is 6.55. The number of hydrogen-bond acceptors (Lipinski definition) is 1. The Bertz CT molecular complexity index is 365. The first kappa shape index (κ1) is 12.1. The second-order valence-corrected chi connectivity index (χ2v) is 3.97. The maximum atomic E-state index is 6.05. The van der Waals surface area contributed by atoms with Gasteiger partial charge in [-0.25, -0.2) is 0 Å². The van der Waals surface area contributed by atoms with Gasteiger partial charge in [-0.05, 0) is 37.1 Å². The van der Waals surface area contributed by atoms with Crippen LogP contribution in [-0.4, -0.2) is 6.54 Å². The SMILES string of the molecule is C#CC(NCCC)c1ccc(C)c(Cl)c1. The fourth-order valence-electron chi connectivity index (χ4n) is 1.35. The van der Waals surface area contributed by atoms with E-state index in [9.17, 15) is 0 Å². The highest BCUT2D eigenvalue weighted by molar-refractivity contribution is 6.31. The first-order chi connectivity index (χ1) is 7.19. The van der Waals surface area contributed by atoms with Crippen molar-refractivity contribution in [1.29, 1.82) is 0 Å². The number of benzene rings is 1. The molecule has 0 spiro atoms. The molecule has 0 heterocycles. The maximum Gasteiger partial charge on any atom is 0.0943 e. The number of halogens is 1.